The summed E-state index contributed by atoms with van der Waals surface area (Å²) in [5, 5.41) is 11.7. The summed E-state index contributed by atoms with van der Waals surface area (Å²) >= 11 is 0. The van der Waals surface area contributed by atoms with E-state index in [9.17, 15) is 4.79 Å². The Hall–Kier alpha value is -1.59. The first-order valence-corrected chi connectivity index (χ1v) is 9.10. The molecular formula is C17H29N5O. The van der Waals surface area contributed by atoms with E-state index in [-0.39, 0.29) is 6.03 Å². The predicted octanol–water partition coefficient (Wildman–Crippen LogP) is 2.72. The molecule has 3 heterocycles. The average Bonchev–Trinajstić information content (AvgIpc) is 2.69. The second-order valence-corrected chi connectivity index (χ2v) is 7.19. The zero-order valence-electron chi connectivity index (χ0n) is 14.4. The molecule has 0 saturated carbocycles. The van der Waals surface area contributed by atoms with Crippen LogP contribution in [0, 0.1) is 5.92 Å². The second kappa shape index (κ2) is 7.32. The zero-order valence-corrected chi connectivity index (χ0v) is 14.4. The Morgan fingerprint density at radius 3 is 2.91 bits per heavy atom. The molecule has 2 aliphatic heterocycles. The summed E-state index contributed by atoms with van der Waals surface area (Å²) in [5.41, 5.74) is 0. The minimum atomic E-state index is 0.0391. The molecular weight excluding hydrogens is 290 g/mol. The summed E-state index contributed by atoms with van der Waals surface area (Å²) in [7, 11) is 0. The van der Waals surface area contributed by atoms with Gasteiger partial charge in [0.1, 0.15) is 5.82 Å². The first-order chi connectivity index (χ1) is 11.1. The average molecular weight is 319 g/mol. The van der Waals surface area contributed by atoms with Crippen LogP contribution in [0.1, 0.15) is 64.0 Å². The van der Waals surface area contributed by atoms with Crippen LogP contribution in [0.4, 0.5) is 4.79 Å². The largest absolute Gasteiger partial charge is 0.331 e. The van der Waals surface area contributed by atoms with Crippen molar-refractivity contribution in [3.8, 4) is 0 Å². The van der Waals surface area contributed by atoms with E-state index in [4.69, 9.17) is 0 Å². The first kappa shape index (κ1) is 16.3. The Morgan fingerprint density at radius 1 is 1.17 bits per heavy atom. The third-order valence-electron chi connectivity index (χ3n) is 5.20. The molecule has 0 radical (unpaired) electrons. The standard InChI is InChI=1S/C17H29N5O/c1-13-7-6-8-14(2)22(12-13)17(23)18-11-16-20-19-15-9-4-3-5-10-21(15)16/h13-14H,3-12H2,1-2H3,(H,18,23)/t13-,14+/m0/s1. The molecule has 2 atom stereocenters. The van der Waals surface area contributed by atoms with Crippen molar-refractivity contribution in [1.29, 1.82) is 0 Å². The van der Waals surface area contributed by atoms with Crippen molar-refractivity contribution in [3.05, 3.63) is 11.6 Å². The fourth-order valence-electron chi connectivity index (χ4n) is 3.74. The zero-order chi connectivity index (χ0) is 16.2. The van der Waals surface area contributed by atoms with Gasteiger partial charge in [0.15, 0.2) is 5.82 Å². The monoisotopic (exact) mass is 319 g/mol. The molecule has 2 amide bonds. The van der Waals surface area contributed by atoms with Gasteiger partial charge in [-0.3, -0.25) is 0 Å². The molecule has 0 aliphatic carbocycles. The highest BCUT2D eigenvalue weighted by molar-refractivity contribution is 5.74. The van der Waals surface area contributed by atoms with E-state index in [1.807, 2.05) is 4.90 Å². The molecule has 1 fully saturated rings. The quantitative estimate of drug-likeness (QED) is 0.911. The van der Waals surface area contributed by atoms with E-state index in [2.05, 4.69) is 33.9 Å². The lowest BCUT2D eigenvalue weighted by Gasteiger charge is -2.28. The minimum Gasteiger partial charge on any atom is -0.331 e. The number of hydrogen-bond donors (Lipinski definition) is 1. The highest BCUT2D eigenvalue weighted by atomic mass is 16.2. The molecule has 128 valence electrons. The summed E-state index contributed by atoms with van der Waals surface area (Å²) in [6, 6.07) is 0.354. The Morgan fingerprint density at radius 2 is 2.04 bits per heavy atom. The molecule has 23 heavy (non-hydrogen) atoms. The number of aromatic nitrogens is 3. The van der Waals surface area contributed by atoms with E-state index < -0.39 is 0 Å². The SMILES string of the molecule is C[C@H]1CCC[C@@H](C)N(C(=O)NCc2nnc3n2CCCCC3)C1. The van der Waals surface area contributed by atoms with E-state index >= 15 is 0 Å². The minimum absolute atomic E-state index is 0.0391. The Balaban J connectivity index is 1.61. The van der Waals surface area contributed by atoms with Crippen LogP contribution >= 0.6 is 0 Å². The third kappa shape index (κ3) is 3.85. The number of nitrogens with zero attached hydrogens (tertiary/aromatic N) is 4. The highest BCUT2D eigenvalue weighted by Gasteiger charge is 2.25. The molecule has 0 bridgehead atoms. The third-order valence-corrected chi connectivity index (χ3v) is 5.20. The maximum absolute atomic E-state index is 12.6. The van der Waals surface area contributed by atoms with Gasteiger partial charge in [-0.2, -0.15) is 0 Å². The number of fused-ring (bicyclic) bond motifs is 1. The van der Waals surface area contributed by atoms with Gasteiger partial charge in [-0.25, -0.2) is 4.79 Å². The summed E-state index contributed by atoms with van der Waals surface area (Å²) in [4.78, 5) is 14.6. The van der Waals surface area contributed by atoms with Crippen LogP contribution in [0.3, 0.4) is 0 Å². The number of likely N-dealkylation sites (tertiary alicyclic amines) is 1. The molecule has 6 nitrogen and oxygen atoms in total. The van der Waals surface area contributed by atoms with Gasteiger partial charge in [-0.1, -0.05) is 19.8 Å². The fourth-order valence-corrected chi connectivity index (χ4v) is 3.74. The Kier molecular flexibility index (Phi) is 5.18. The normalized spacial score (nSPS) is 25.4. The molecule has 2 aliphatic rings. The summed E-state index contributed by atoms with van der Waals surface area (Å²) in [6.07, 6.45) is 8.13. The second-order valence-electron chi connectivity index (χ2n) is 7.19. The van der Waals surface area contributed by atoms with Crippen LogP contribution < -0.4 is 5.32 Å². The smallest absolute Gasteiger partial charge is 0.318 e. The Labute approximate surface area is 138 Å². The van der Waals surface area contributed by atoms with Gasteiger partial charge in [0, 0.05) is 25.6 Å². The number of amides is 2. The summed E-state index contributed by atoms with van der Waals surface area (Å²) < 4.78 is 2.20. The van der Waals surface area contributed by atoms with Gasteiger partial charge in [0.25, 0.3) is 0 Å². The van der Waals surface area contributed by atoms with Crippen molar-refractivity contribution in [3.63, 3.8) is 0 Å². The molecule has 1 saturated heterocycles. The van der Waals surface area contributed by atoms with Crippen molar-refractivity contribution in [1.82, 2.24) is 25.0 Å². The Bertz CT molecular complexity index is 541. The van der Waals surface area contributed by atoms with E-state index in [0.29, 0.717) is 18.5 Å². The topological polar surface area (TPSA) is 63.1 Å². The number of hydrogen-bond acceptors (Lipinski definition) is 3. The highest BCUT2D eigenvalue weighted by Crippen LogP contribution is 2.21. The predicted molar refractivity (Wildman–Crippen MR) is 89.0 cm³/mol. The van der Waals surface area contributed by atoms with Crippen LogP contribution in [0.2, 0.25) is 0 Å². The lowest BCUT2D eigenvalue weighted by molar-refractivity contribution is 0.172. The van der Waals surface area contributed by atoms with Gasteiger partial charge < -0.3 is 14.8 Å². The number of urea groups is 1. The van der Waals surface area contributed by atoms with Crippen molar-refractivity contribution in [2.24, 2.45) is 5.92 Å². The van der Waals surface area contributed by atoms with Crippen molar-refractivity contribution in [2.45, 2.75) is 77.9 Å². The molecule has 1 aromatic rings. The summed E-state index contributed by atoms with van der Waals surface area (Å²) in [5.74, 6) is 2.55. The van der Waals surface area contributed by atoms with Crippen molar-refractivity contribution in [2.75, 3.05) is 6.54 Å². The van der Waals surface area contributed by atoms with E-state index in [1.165, 1.54) is 32.1 Å². The van der Waals surface area contributed by atoms with Gasteiger partial charge in [0.05, 0.1) is 6.54 Å². The number of carbonyl (C=O) groups is 1. The van der Waals surface area contributed by atoms with Crippen LogP contribution in [0.5, 0.6) is 0 Å². The molecule has 1 aromatic heterocycles. The van der Waals surface area contributed by atoms with Gasteiger partial charge in [0.2, 0.25) is 0 Å². The number of rotatable bonds is 2. The van der Waals surface area contributed by atoms with Crippen LogP contribution in [-0.4, -0.2) is 38.3 Å². The van der Waals surface area contributed by atoms with Gasteiger partial charge in [-0.05, 0) is 38.5 Å². The maximum atomic E-state index is 12.6. The van der Waals surface area contributed by atoms with Crippen LogP contribution in [-0.2, 0) is 19.5 Å². The maximum Gasteiger partial charge on any atom is 0.318 e. The van der Waals surface area contributed by atoms with E-state index in [1.54, 1.807) is 0 Å². The van der Waals surface area contributed by atoms with Gasteiger partial charge in [-0.15, -0.1) is 10.2 Å². The lowest BCUT2D eigenvalue weighted by atomic mass is 10.1. The number of nitrogens with one attached hydrogen (secondary N) is 1. The van der Waals surface area contributed by atoms with Crippen LogP contribution in [0.25, 0.3) is 0 Å². The number of aryl methyl sites for hydroxylation is 1. The van der Waals surface area contributed by atoms with Gasteiger partial charge >= 0.3 is 6.03 Å². The molecule has 3 rings (SSSR count). The van der Waals surface area contributed by atoms with Crippen LogP contribution in [0.15, 0.2) is 0 Å². The summed E-state index contributed by atoms with van der Waals surface area (Å²) in [6.45, 7) is 6.69. The number of carbonyl (C=O) groups excluding carboxylic acids is 1. The fraction of sp³-hybridized carbons (Fsp3) is 0.824. The molecule has 0 unspecified atom stereocenters. The lowest BCUT2D eigenvalue weighted by Crippen LogP contribution is -2.45. The first-order valence-electron chi connectivity index (χ1n) is 9.10. The molecule has 6 heteroatoms. The molecule has 0 aromatic carbocycles. The van der Waals surface area contributed by atoms with E-state index in [0.717, 1.165) is 37.6 Å². The molecule has 0 spiro atoms. The van der Waals surface area contributed by atoms with Crippen molar-refractivity contribution < 1.29 is 4.79 Å². The molecule has 1 N–H and O–H groups in total. The van der Waals surface area contributed by atoms with Crippen molar-refractivity contribution >= 4 is 6.03 Å².